The zero-order valence-electron chi connectivity index (χ0n) is 12.6. The van der Waals surface area contributed by atoms with E-state index in [1.807, 2.05) is 6.92 Å². The quantitative estimate of drug-likeness (QED) is 0.508. The Morgan fingerprint density at radius 3 is 1.89 bits per heavy atom. The lowest BCUT2D eigenvalue weighted by Gasteiger charge is -1.92. The van der Waals surface area contributed by atoms with Crippen molar-refractivity contribution < 1.29 is 13.9 Å². The van der Waals surface area contributed by atoms with Crippen LogP contribution in [0.4, 0.5) is 8.78 Å². The Morgan fingerprint density at radius 1 is 1.05 bits per heavy atom. The first-order valence-corrected chi connectivity index (χ1v) is 6.64. The number of hydrogen-bond donors (Lipinski definition) is 2. The molecule has 0 unspecified atom stereocenters. The van der Waals surface area contributed by atoms with Gasteiger partial charge >= 0.3 is 0 Å². The van der Waals surface area contributed by atoms with Crippen LogP contribution in [0, 0.1) is 0 Å². The monoisotopic (exact) mass is 277 g/mol. The second-order valence-electron chi connectivity index (χ2n) is 3.66. The van der Waals surface area contributed by atoms with Gasteiger partial charge in [0, 0.05) is 0 Å². The molecule has 0 aliphatic rings. The number of nitrogens with two attached hydrogens (primary N) is 1. The second-order valence-corrected chi connectivity index (χ2v) is 3.66. The second kappa shape index (κ2) is 21.9. The Bertz CT molecular complexity index is 247. The van der Waals surface area contributed by atoms with Crippen LogP contribution in [0.5, 0.6) is 0 Å². The highest BCUT2D eigenvalue weighted by Crippen LogP contribution is 2.05. The minimum atomic E-state index is -0.520. The number of hydrogen-bond acceptors (Lipinski definition) is 2. The van der Waals surface area contributed by atoms with E-state index >= 15 is 0 Å². The van der Waals surface area contributed by atoms with Gasteiger partial charge in [-0.15, -0.1) is 0 Å². The summed E-state index contributed by atoms with van der Waals surface area (Å²) in [6, 6.07) is 0. The average molecular weight is 277 g/mol. The van der Waals surface area contributed by atoms with Crippen LogP contribution in [0.2, 0.25) is 0 Å². The molecule has 0 fully saturated rings. The zero-order valence-corrected chi connectivity index (χ0v) is 12.6. The van der Waals surface area contributed by atoms with Crippen LogP contribution >= 0.6 is 0 Å². The molecule has 0 aromatic rings. The molecule has 0 amide bonds. The molecule has 0 spiro atoms. The van der Waals surface area contributed by atoms with Gasteiger partial charge in [-0.05, 0) is 18.6 Å². The minimum absolute atomic E-state index is 0.0650. The van der Waals surface area contributed by atoms with E-state index in [9.17, 15) is 8.78 Å². The van der Waals surface area contributed by atoms with Crippen LogP contribution in [-0.2, 0) is 0 Å². The van der Waals surface area contributed by atoms with Gasteiger partial charge in [-0.2, -0.15) is 0 Å². The van der Waals surface area contributed by atoms with Crippen LogP contribution in [0.25, 0.3) is 0 Å². The van der Waals surface area contributed by atoms with Crippen LogP contribution in [0.1, 0.15) is 52.9 Å². The van der Waals surface area contributed by atoms with E-state index in [1.54, 1.807) is 6.08 Å². The molecule has 19 heavy (non-hydrogen) atoms. The molecular formula is C15H29F2NO. The molecule has 0 radical (unpaired) electrons. The number of aliphatic hydroxyl groups excluding tert-OH is 1. The van der Waals surface area contributed by atoms with Gasteiger partial charge in [0.05, 0.1) is 19.1 Å². The maximum absolute atomic E-state index is 12.8. The van der Waals surface area contributed by atoms with Gasteiger partial charge in [0.25, 0.3) is 0 Å². The van der Waals surface area contributed by atoms with Gasteiger partial charge < -0.3 is 10.8 Å². The van der Waals surface area contributed by atoms with Crippen molar-refractivity contribution in [3.63, 3.8) is 0 Å². The van der Waals surface area contributed by atoms with Gasteiger partial charge in [0.1, 0.15) is 5.83 Å². The number of halogens is 2. The topological polar surface area (TPSA) is 46.2 Å². The molecule has 0 aliphatic heterocycles. The predicted molar refractivity (Wildman–Crippen MR) is 80.4 cm³/mol. The van der Waals surface area contributed by atoms with Crippen molar-refractivity contribution in [3.05, 3.63) is 36.0 Å². The minimum Gasteiger partial charge on any atom is -0.516 e. The molecule has 2 nitrogen and oxygen atoms in total. The summed E-state index contributed by atoms with van der Waals surface area (Å²) in [7, 11) is 0.500. The molecule has 0 aromatic carbocycles. The molecule has 0 aliphatic carbocycles. The van der Waals surface area contributed by atoms with Crippen molar-refractivity contribution in [1.29, 1.82) is 0 Å². The third-order valence-electron chi connectivity index (χ3n) is 1.96. The lowest BCUT2D eigenvalue weighted by Crippen LogP contribution is -1.94. The van der Waals surface area contributed by atoms with Crippen molar-refractivity contribution >= 4 is 0 Å². The first kappa shape index (κ1) is 22.8. The SMILES string of the molecule is CCC/C=C/C(F)=C(N)\C=C/O.CCCCC.CF. The summed E-state index contributed by atoms with van der Waals surface area (Å²) in [5.41, 5.74) is 5.15. The number of rotatable bonds is 6. The van der Waals surface area contributed by atoms with Gasteiger partial charge in [-0.3, -0.25) is 4.39 Å². The number of allylic oxidation sites excluding steroid dienone is 4. The predicted octanol–water partition coefficient (Wildman–Crippen LogP) is 5.34. The molecule has 0 heterocycles. The molecule has 0 saturated heterocycles. The summed E-state index contributed by atoms with van der Waals surface area (Å²) in [6.45, 7) is 6.43. The molecule has 3 N–H and O–H groups in total. The molecule has 114 valence electrons. The summed E-state index contributed by atoms with van der Waals surface area (Å²) in [5.74, 6) is -0.520. The van der Waals surface area contributed by atoms with E-state index in [0.717, 1.165) is 18.9 Å². The third-order valence-corrected chi connectivity index (χ3v) is 1.96. The standard InChI is InChI=1S/C9H14FNO.C5H12.CH3F/c1-2-3-4-5-8(10)9(11)6-7-12;1-3-5-4-2;1-2/h4-7,12H,2-3,11H2,1H3;3-5H2,1-2H3;1H3/b5-4+,7-6-,9-8-;;. The van der Waals surface area contributed by atoms with Crippen LogP contribution in [-0.4, -0.2) is 12.3 Å². The Morgan fingerprint density at radius 2 is 1.58 bits per heavy atom. The van der Waals surface area contributed by atoms with Crippen molar-refractivity contribution in [2.45, 2.75) is 52.9 Å². The fraction of sp³-hybridized carbons (Fsp3) is 0.600. The van der Waals surface area contributed by atoms with Crippen LogP contribution in [0.3, 0.4) is 0 Å². The Labute approximate surface area is 116 Å². The highest BCUT2D eigenvalue weighted by atomic mass is 19.1. The maximum atomic E-state index is 12.8. The Kier molecular flexibility index (Phi) is 26.3. The van der Waals surface area contributed by atoms with E-state index in [1.165, 1.54) is 25.3 Å². The van der Waals surface area contributed by atoms with Crippen molar-refractivity contribution in [1.82, 2.24) is 0 Å². The lowest BCUT2D eigenvalue weighted by atomic mass is 10.3. The third kappa shape index (κ3) is 22.4. The normalized spacial score (nSPS) is 11.5. The zero-order chi connectivity index (χ0) is 15.5. The van der Waals surface area contributed by atoms with Gasteiger partial charge in [-0.25, -0.2) is 4.39 Å². The van der Waals surface area contributed by atoms with E-state index in [0.29, 0.717) is 13.4 Å². The first-order chi connectivity index (χ1) is 9.13. The van der Waals surface area contributed by atoms with Crippen molar-refractivity contribution in [2.75, 3.05) is 7.18 Å². The van der Waals surface area contributed by atoms with Crippen molar-refractivity contribution in [2.24, 2.45) is 5.73 Å². The average Bonchev–Trinajstić information content (AvgIpc) is 2.43. The van der Waals surface area contributed by atoms with E-state index in [2.05, 4.69) is 13.8 Å². The Hall–Kier alpha value is -1.32. The molecular weight excluding hydrogens is 248 g/mol. The van der Waals surface area contributed by atoms with Crippen LogP contribution < -0.4 is 5.73 Å². The number of unbranched alkanes of at least 4 members (excludes halogenated alkanes) is 3. The highest BCUT2D eigenvalue weighted by molar-refractivity contribution is 5.25. The number of alkyl halides is 1. The molecule has 0 bridgehead atoms. The fourth-order valence-electron chi connectivity index (χ4n) is 0.963. The van der Waals surface area contributed by atoms with E-state index in [4.69, 9.17) is 10.8 Å². The fourth-order valence-corrected chi connectivity index (χ4v) is 0.963. The van der Waals surface area contributed by atoms with Gasteiger partial charge in [0.2, 0.25) is 0 Å². The summed E-state index contributed by atoms with van der Waals surface area (Å²) in [4.78, 5) is 0. The largest absolute Gasteiger partial charge is 0.516 e. The van der Waals surface area contributed by atoms with Crippen molar-refractivity contribution in [3.8, 4) is 0 Å². The summed E-state index contributed by atoms with van der Waals surface area (Å²) in [5, 5.41) is 8.27. The first-order valence-electron chi connectivity index (χ1n) is 6.64. The lowest BCUT2D eigenvalue weighted by molar-refractivity contribution is 0.472. The smallest absolute Gasteiger partial charge is 0.145 e. The molecule has 0 rings (SSSR count). The maximum Gasteiger partial charge on any atom is 0.145 e. The molecule has 0 saturated carbocycles. The van der Waals surface area contributed by atoms with E-state index < -0.39 is 5.83 Å². The molecule has 0 atom stereocenters. The number of aliphatic hydroxyl groups is 1. The molecule has 0 aromatic heterocycles. The Balaban J connectivity index is -0.000000307. The summed E-state index contributed by atoms with van der Waals surface area (Å²) < 4.78 is 22.3. The summed E-state index contributed by atoms with van der Waals surface area (Å²) in [6.07, 6.45) is 10.7. The van der Waals surface area contributed by atoms with Gasteiger partial charge in [0.15, 0.2) is 0 Å². The summed E-state index contributed by atoms with van der Waals surface area (Å²) >= 11 is 0. The van der Waals surface area contributed by atoms with E-state index in [-0.39, 0.29) is 5.70 Å². The van der Waals surface area contributed by atoms with Gasteiger partial charge in [-0.1, -0.05) is 52.5 Å². The highest BCUT2D eigenvalue weighted by Gasteiger charge is 1.92. The molecule has 4 heteroatoms. The van der Waals surface area contributed by atoms with Crippen LogP contribution in [0.15, 0.2) is 36.0 Å².